The minimum absolute atomic E-state index is 0.0939. The molecule has 0 saturated carbocycles. The first-order valence-corrected chi connectivity index (χ1v) is 9.69. The maximum Gasteiger partial charge on any atom is 0.244 e. The zero-order valence-electron chi connectivity index (χ0n) is 16.1. The molecule has 0 radical (unpaired) electrons. The predicted molar refractivity (Wildman–Crippen MR) is 109 cm³/mol. The summed E-state index contributed by atoms with van der Waals surface area (Å²) in [5.74, 6) is 1.10. The van der Waals surface area contributed by atoms with Crippen molar-refractivity contribution in [3.63, 3.8) is 0 Å². The minimum atomic E-state index is -0.0939. The van der Waals surface area contributed by atoms with E-state index >= 15 is 0 Å². The molecule has 5 heteroatoms. The van der Waals surface area contributed by atoms with Gasteiger partial charge in [0, 0.05) is 50.2 Å². The van der Waals surface area contributed by atoms with E-state index in [1.165, 1.54) is 11.3 Å². The highest BCUT2D eigenvalue weighted by atomic mass is 16.5. The van der Waals surface area contributed by atoms with Gasteiger partial charge in [0.15, 0.2) is 0 Å². The molecule has 2 aliphatic heterocycles. The van der Waals surface area contributed by atoms with Gasteiger partial charge in [-0.05, 0) is 37.1 Å². The Kier molecular flexibility index (Phi) is 5.03. The number of carbonyl (C=O) groups excluding carboxylic acids is 1. The third kappa shape index (κ3) is 3.52. The number of rotatable bonds is 4. The standard InChI is InChI=1S/C22H27N3O2/c1-17(22(26)25-11-10-18-6-3-4-9-21(18)25)23-12-14-24(15-13-23)19-7-5-8-20(16-19)27-2/h3-9,16-17H,10-15H2,1-2H3/t17-/m1/s1. The molecule has 0 bridgehead atoms. The Balaban J connectivity index is 1.39. The summed E-state index contributed by atoms with van der Waals surface area (Å²) in [6.45, 7) is 6.46. The van der Waals surface area contributed by atoms with Crippen molar-refractivity contribution in [2.75, 3.05) is 49.6 Å². The van der Waals surface area contributed by atoms with Crippen LogP contribution in [-0.4, -0.2) is 56.7 Å². The number of ether oxygens (including phenoxy) is 1. The largest absolute Gasteiger partial charge is 0.497 e. The molecule has 0 spiro atoms. The molecule has 0 aromatic heterocycles. The summed E-state index contributed by atoms with van der Waals surface area (Å²) in [6.07, 6.45) is 0.957. The molecule has 5 nitrogen and oxygen atoms in total. The van der Waals surface area contributed by atoms with Gasteiger partial charge in [-0.3, -0.25) is 9.69 Å². The number of nitrogens with zero attached hydrogens (tertiary/aromatic N) is 3. The fourth-order valence-electron chi connectivity index (χ4n) is 4.12. The number of para-hydroxylation sites is 1. The number of fused-ring (bicyclic) bond motifs is 1. The lowest BCUT2D eigenvalue weighted by atomic mass is 10.1. The first-order valence-electron chi connectivity index (χ1n) is 9.69. The molecular weight excluding hydrogens is 338 g/mol. The fourth-order valence-corrected chi connectivity index (χ4v) is 4.12. The third-order valence-corrected chi connectivity index (χ3v) is 5.79. The van der Waals surface area contributed by atoms with Crippen molar-refractivity contribution < 1.29 is 9.53 Å². The van der Waals surface area contributed by atoms with Crippen molar-refractivity contribution in [3.05, 3.63) is 54.1 Å². The lowest BCUT2D eigenvalue weighted by Gasteiger charge is -2.39. The monoisotopic (exact) mass is 365 g/mol. The van der Waals surface area contributed by atoms with Gasteiger partial charge < -0.3 is 14.5 Å². The van der Waals surface area contributed by atoms with Gasteiger partial charge in [-0.1, -0.05) is 24.3 Å². The van der Waals surface area contributed by atoms with E-state index in [1.54, 1.807) is 7.11 Å². The zero-order valence-corrected chi connectivity index (χ0v) is 16.1. The molecule has 2 heterocycles. The van der Waals surface area contributed by atoms with Crippen molar-refractivity contribution in [2.24, 2.45) is 0 Å². The van der Waals surface area contributed by atoms with Crippen LogP contribution in [0, 0.1) is 0 Å². The van der Waals surface area contributed by atoms with Crippen LogP contribution in [0.5, 0.6) is 5.75 Å². The van der Waals surface area contributed by atoms with E-state index in [1.807, 2.05) is 36.1 Å². The second-order valence-corrected chi connectivity index (χ2v) is 7.27. The number of hydrogen-bond donors (Lipinski definition) is 0. The molecule has 142 valence electrons. The Morgan fingerprint density at radius 2 is 1.78 bits per heavy atom. The zero-order chi connectivity index (χ0) is 18.8. The van der Waals surface area contributed by atoms with Crippen molar-refractivity contribution in [2.45, 2.75) is 19.4 Å². The number of hydrogen-bond acceptors (Lipinski definition) is 4. The highest BCUT2D eigenvalue weighted by Gasteiger charge is 2.32. The van der Waals surface area contributed by atoms with E-state index in [4.69, 9.17) is 4.74 Å². The normalized spacial score (nSPS) is 18.3. The summed E-state index contributed by atoms with van der Waals surface area (Å²) >= 11 is 0. The average molecular weight is 365 g/mol. The quantitative estimate of drug-likeness (QED) is 0.835. The molecule has 1 atom stereocenters. The van der Waals surface area contributed by atoms with Gasteiger partial charge in [-0.2, -0.15) is 0 Å². The summed E-state index contributed by atoms with van der Waals surface area (Å²) in [5, 5.41) is 0. The lowest BCUT2D eigenvalue weighted by molar-refractivity contribution is -0.123. The molecule has 1 saturated heterocycles. The first kappa shape index (κ1) is 17.9. The van der Waals surface area contributed by atoms with Crippen LogP contribution in [0.15, 0.2) is 48.5 Å². The Morgan fingerprint density at radius 1 is 1.00 bits per heavy atom. The molecule has 2 aromatic carbocycles. The van der Waals surface area contributed by atoms with E-state index in [0.717, 1.165) is 50.6 Å². The van der Waals surface area contributed by atoms with Crippen LogP contribution in [0.25, 0.3) is 0 Å². The number of benzene rings is 2. The molecule has 0 aliphatic carbocycles. The van der Waals surface area contributed by atoms with E-state index in [9.17, 15) is 4.79 Å². The summed E-state index contributed by atoms with van der Waals surface area (Å²) in [7, 11) is 1.70. The number of amides is 1. The van der Waals surface area contributed by atoms with E-state index in [-0.39, 0.29) is 11.9 Å². The van der Waals surface area contributed by atoms with Crippen LogP contribution >= 0.6 is 0 Å². The molecule has 2 aromatic rings. The summed E-state index contributed by atoms with van der Waals surface area (Å²) < 4.78 is 5.33. The van der Waals surface area contributed by atoms with Crippen LogP contribution in [0.1, 0.15) is 12.5 Å². The number of methoxy groups -OCH3 is 1. The maximum absolute atomic E-state index is 13.1. The van der Waals surface area contributed by atoms with Gasteiger partial charge in [0.1, 0.15) is 5.75 Å². The molecule has 0 N–H and O–H groups in total. The fraction of sp³-hybridized carbons (Fsp3) is 0.409. The first-order chi connectivity index (χ1) is 13.2. The summed E-state index contributed by atoms with van der Waals surface area (Å²) in [5.41, 5.74) is 3.55. The molecule has 1 amide bonds. The van der Waals surface area contributed by atoms with Gasteiger partial charge >= 0.3 is 0 Å². The molecular formula is C22H27N3O2. The highest BCUT2D eigenvalue weighted by molar-refractivity contribution is 5.98. The SMILES string of the molecule is COc1cccc(N2CCN([C@H](C)C(=O)N3CCc4ccccc43)CC2)c1. The molecule has 4 rings (SSSR count). The summed E-state index contributed by atoms with van der Waals surface area (Å²) in [4.78, 5) is 19.7. The van der Waals surface area contributed by atoms with Crippen molar-refractivity contribution in [1.29, 1.82) is 0 Å². The molecule has 1 fully saturated rings. The van der Waals surface area contributed by atoms with Gasteiger partial charge in [-0.15, -0.1) is 0 Å². The Hall–Kier alpha value is -2.53. The molecule has 27 heavy (non-hydrogen) atoms. The smallest absolute Gasteiger partial charge is 0.244 e. The van der Waals surface area contributed by atoms with Crippen LogP contribution in [0.3, 0.4) is 0 Å². The molecule has 0 unspecified atom stereocenters. The Labute approximate surface area is 161 Å². The Morgan fingerprint density at radius 3 is 2.56 bits per heavy atom. The number of carbonyl (C=O) groups is 1. The van der Waals surface area contributed by atoms with Gasteiger partial charge in [0.25, 0.3) is 0 Å². The average Bonchev–Trinajstić information content (AvgIpc) is 3.17. The maximum atomic E-state index is 13.1. The van der Waals surface area contributed by atoms with E-state index in [2.05, 4.69) is 34.1 Å². The number of anilines is 2. The van der Waals surface area contributed by atoms with Crippen molar-refractivity contribution in [3.8, 4) is 5.75 Å². The number of piperazine rings is 1. The van der Waals surface area contributed by atoms with Crippen LogP contribution in [0.4, 0.5) is 11.4 Å². The van der Waals surface area contributed by atoms with Gasteiger partial charge in [-0.25, -0.2) is 0 Å². The van der Waals surface area contributed by atoms with E-state index in [0.29, 0.717) is 0 Å². The van der Waals surface area contributed by atoms with E-state index < -0.39 is 0 Å². The molecule has 2 aliphatic rings. The Bertz CT molecular complexity index is 815. The summed E-state index contributed by atoms with van der Waals surface area (Å²) in [6, 6.07) is 16.3. The topological polar surface area (TPSA) is 36.0 Å². The highest BCUT2D eigenvalue weighted by Crippen LogP contribution is 2.29. The third-order valence-electron chi connectivity index (χ3n) is 5.79. The van der Waals surface area contributed by atoms with Crippen LogP contribution in [0.2, 0.25) is 0 Å². The van der Waals surface area contributed by atoms with Crippen molar-refractivity contribution in [1.82, 2.24) is 4.90 Å². The minimum Gasteiger partial charge on any atom is -0.497 e. The van der Waals surface area contributed by atoms with Gasteiger partial charge in [0.2, 0.25) is 5.91 Å². The second-order valence-electron chi connectivity index (χ2n) is 7.27. The van der Waals surface area contributed by atoms with Crippen LogP contribution < -0.4 is 14.5 Å². The second kappa shape index (κ2) is 7.61. The van der Waals surface area contributed by atoms with Gasteiger partial charge in [0.05, 0.1) is 13.2 Å². The lowest BCUT2D eigenvalue weighted by Crippen LogP contribution is -2.54. The van der Waals surface area contributed by atoms with Crippen molar-refractivity contribution >= 4 is 17.3 Å². The predicted octanol–water partition coefficient (Wildman–Crippen LogP) is 2.80. The van der Waals surface area contributed by atoms with Crippen LogP contribution in [-0.2, 0) is 11.2 Å².